The van der Waals surface area contributed by atoms with Crippen LogP contribution in [0.4, 0.5) is 4.79 Å². The molecule has 7 heteroatoms. The molecule has 0 aliphatic rings. The van der Waals surface area contributed by atoms with Gasteiger partial charge in [0.2, 0.25) is 0 Å². The van der Waals surface area contributed by atoms with Gasteiger partial charge in [0, 0.05) is 5.56 Å². The summed E-state index contributed by atoms with van der Waals surface area (Å²) in [5, 5.41) is 0. The lowest BCUT2D eigenvalue weighted by Crippen LogP contribution is -2.56. The minimum Gasteiger partial charge on any atom is -0.496 e. The maximum atomic E-state index is 12.3. The van der Waals surface area contributed by atoms with E-state index in [-0.39, 0.29) is 0 Å². The molecule has 1 atom stereocenters. The molecule has 1 unspecified atom stereocenters. The molecule has 1 aromatic carbocycles. The minimum atomic E-state index is -1.35. The number of carbonyl (C=O) groups excluding carboxylic acids is 2. The quantitative estimate of drug-likeness (QED) is 0.637. The molecule has 1 aromatic rings. The lowest BCUT2D eigenvalue weighted by molar-refractivity contribution is -0.148. The van der Waals surface area contributed by atoms with E-state index >= 15 is 0 Å². The van der Waals surface area contributed by atoms with Crippen LogP contribution >= 0.6 is 0 Å². The second kappa shape index (κ2) is 7.32. The van der Waals surface area contributed by atoms with Crippen molar-refractivity contribution < 1.29 is 23.8 Å². The van der Waals surface area contributed by atoms with Gasteiger partial charge in [-0.05, 0) is 33.8 Å². The summed E-state index contributed by atoms with van der Waals surface area (Å²) in [5.41, 5.74) is 3.57. The number of rotatable bonds is 5. The van der Waals surface area contributed by atoms with Crippen LogP contribution in [0.5, 0.6) is 5.75 Å². The summed E-state index contributed by atoms with van der Waals surface area (Å²) >= 11 is 0. The van der Waals surface area contributed by atoms with Crippen LogP contribution in [0.15, 0.2) is 24.3 Å². The van der Waals surface area contributed by atoms with Crippen LogP contribution in [0.1, 0.15) is 33.3 Å². The fourth-order valence-corrected chi connectivity index (χ4v) is 1.97. The van der Waals surface area contributed by atoms with E-state index in [1.54, 1.807) is 52.0 Å². The SMILES string of the molecule is COC(=O)C(C)(NNC(=O)OC(C)(C)C)c1ccccc1OC. The monoisotopic (exact) mass is 324 g/mol. The van der Waals surface area contributed by atoms with Crippen LogP contribution in [0.2, 0.25) is 0 Å². The van der Waals surface area contributed by atoms with Gasteiger partial charge >= 0.3 is 12.1 Å². The van der Waals surface area contributed by atoms with Crippen molar-refractivity contribution in [3.8, 4) is 5.75 Å². The molecule has 128 valence electrons. The van der Waals surface area contributed by atoms with Crippen LogP contribution in [0, 0.1) is 0 Å². The summed E-state index contributed by atoms with van der Waals surface area (Å²) in [5.74, 6) is -0.100. The predicted octanol–water partition coefficient (Wildman–Crippen LogP) is 2.11. The fourth-order valence-electron chi connectivity index (χ4n) is 1.97. The second-order valence-electron chi connectivity index (χ2n) is 6.07. The van der Waals surface area contributed by atoms with Gasteiger partial charge in [0.25, 0.3) is 0 Å². The van der Waals surface area contributed by atoms with E-state index < -0.39 is 23.2 Å². The highest BCUT2D eigenvalue weighted by molar-refractivity contribution is 5.83. The molecule has 1 amide bonds. The predicted molar refractivity (Wildman–Crippen MR) is 84.9 cm³/mol. The highest BCUT2D eigenvalue weighted by Crippen LogP contribution is 2.30. The first-order valence-corrected chi connectivity index (χ1v) is 7.12. The van der Waals surface area contributed by atoms with Crippen molar-refractivity contribution in [2.45, 2.75) is 38.8 Å². The van der Waals surface area contributed by atoms with E-state index in [1.165, 1.54) is 14.2 Å². The van der Waals surface area contributed by atoms with Crippen molar-refractivity contribution >= 4 is 12.1 Å². The van der Waals surface area contributed by atoms with Gasteiger partial charge in [-0.2, -0.15) is 0 Å². The number of nitrogens with one attached hydrogen (secondary N) is 2. The summed E-state index contributed by atoms with van der Waals surface area (Å²) in [7, 11) is 2.77. The molecule has 0 aromatic heterocycles. The third-order valence-electron chi connectivity index (χ3n) is 3.05. The van der Waals surface area contributed by atoms with Crippen molar-refractivity contribution in [2.75, 3.05) is 14.2 Å². The first kappa shape index (κ1) is 18.8. The topological polar surface area (TPSA) is 85.9 Å². The van der Waals surface area contributed by atoms with Gasteiger partial charge in [0.1, 0.15) is 11.4 Å². The van der Waals surface area contributed by atoms with E-state index in [0.717, 1.165) is 0 Å². The average molecular weight is 324 g/mol. The molecule has 2 N–H and O–H groups in total. The number of methoxy groups -OCH3 is 2. The number of hydrogen-bond acceptors (Lipinski definition) is 6. The Kier molecular flexibility index (Phi) is 5.98. The van der Waals surface area contributed by atoms with E-state index in [1.807, 2.05) is 0 Å². The Morgan fingerprint density at radius 1 is 1.04 bits per heavy atom. The van der Waals surface area contributed by atoms with Crippen molar-refractivity contribution in [2.24, 2.45) is 0 Å². The normalized spacial score (nSPS) is 13.7. The van der Waals surface area contributed by atoms with Gasteiger partial charge in [-0.15, -0.1) is 0 Å². The first-order valence-electron chi connectivity index (χ1n) is 7.12. The smallest absolute Gasteiger partial charge is 0.422 e. The van der Waals surface area contributed by atoms with E-state index in [2.05, 4.69) is 10.9 Å². The molecule has 0 saturated carbocycles. The molecule has 23 heavy (non-hydrogen) atoms. The van der Waals surface area contributed by atoms with Crippen molar-refractivity contribution in [3.05, 3.63) is 29.8 Å². The number of esters is 1. The maximum Gasteiger partial charge on any atom is 0.422 e. The van der Waals surface area contributed by atoms with E-state index in [9.17, 15) is 9.59 Å². The molecule has 0 spiro atoms. The fraction of sp³-hybridized carbons (Fsp3) is 0.500. The average Bonchev–Trinajstić information content (AvgIpc) is 2.50. The Labute approximate surface area is 136 Å². The molecule has 0 radical (unpaired) electrons. The Morgan fingerprint density at radius 3 is 2.17 bits per heavy atom. The van der Waals surface area contributed by atoms with E-state index in [4.69, 9.17) is 14.2 Å². The molecule has 0 fully saturated rings. The molecule has 0 heterocycles. The van der Waals surface area contributed by atoms with Crippen LogP contribution in [0.3, 0.4) is 0 Å². The Hall–Kier alpha value is -2.28. The first-order chi connectivity index (χ1) is 10.6. The van der Waals surface area contributed by atoms with Crippen molar-refractivity contribution in [1.29, 1.82) is 0 Å². The number of amides is 1. The lowest BCUT2D eigenvalue weighted by atomic mass is 9.92. The molecule has 0 bridgehead atoms. The van der Waals surface area contributed by atoms with Gasteiger partial charge in [-0.25, -0.2) is 15.0 Å². The van der Waals surface area contributed by atoms with Gasteiger partial charge in [-0.3, -0.25) is 5.43 Å². The largest absolute Gasteiger partial charge is 0.496 e. The number of hydrazine groups is 1. The summed E-state index contributed by atoms with van der Waals surface area (Å²) < 4.78 is 15.3. The van der Waals surface area contributed by atoms with Crippen LogP contribution in [-0.2, 0) is 19.8 Å². The maximum absolute atomic E-state index is 12.3. The van der Waals surface area contributed by atoms with Gasteiger partial charge < -0.3 is 14.2 Å². The lowest BCUT2D eigenvalue weighted by Gasteiger charge is -2.30. The third kappa shape index (κ3) is 4.85. The molecule has 0 aliphatic carbocycles. The molecule has 0 aliphatic heterocycles. The third-order valence-corrected chi connectivity index (χ3v) is 3.05. The van der Waals surface area contributed by atoms with E-state index in [0.29, 0.717) is 11.3 Å². The molecule has 7 nitrogen and oxygen atoms in total. The molecular formula is C16H24N2O5. The standard InChI is InChI=1S/C16H24N2O5/c1-15(2,3)23-14(20)17-18-16(4,13(19)22-6)11-9-7-8-10-12(11)21-5/h7-10,18H,1-6H3,(H,17,20). The number of carbonyl (C=O) groups is 2. The van der Waals surface area contributed by atoms with Crippen molar-refractivity contribution in [3.63, 3.8) is 0 Å². The van der Waals surface area contributed by atoms with Crippen LogP contribution < -0.4 is 15.6 Å². The number of para-hydroxylation sites is 1. The minimum absolute atomic E-state index is 0.485. The highest BCUT2D eigenvalue weighted by atomic mass is 16.6. The summed E-state index contributed by atoms with van der Waals surface area (Å²) in [4.78, 5) is 24.1. The summed E-state index contributed by atoms with van der Waals surface area (Å²) in [6.07, 6.45) is -0.706. The van der Waals surface area contributed by atoms with Crippen LogP contribution in [0.25, 0.3) is 0 Å². The zero-order valence-corrected chi connectivity index (χ0v) is 14.4. The number of hydrogen-bond donors (Lipinski definition) is 2. The second-order valence-corrected chi connectivity index (χ2v) is 6.07. The molecular weight excluding hydrogens is 300 g/mol. The van der Waals surface area contributed by atoms with Gasteiger partial charge in [0.15, 0.2) is 5.54 Å². The Balaban J connectivity index is 3.05. The molecule has 1 rings (SSSR count). The summed E-state index contributed by atoms with van der Waals surface area (Å²) in [6, 6.07) is 6.96. The summed E-state index contributed by atoms with van der Waals surface area (Å²) in [6.45, 7) is 6.80. The molecule has 0 saturated heterocycles. The number of benzene rings is 1. The van der Waals surface area contributed by atoms with Gasteiger partial charge in [0.05, 0.1) is 14.2 Å². The highest BCUT2D eigenvalue weighted by Gasteiger charge is 2.39. The van der Waals surface area contributed by atoms with Crippen molar-refractivity contribution in [1.82, 2.24) is 10.9 Å². The Bertz CT molecular complexity index is 568. The zero-order chi connectivity index (χ0) is 17.7. The zero-order valence-electron chi connectivity index (χ0n) is 14.4. The number of ether oxygens (including phenoxy) is 3. The Morgan fingerprint density at radius 2 is 1.65 bits per heavy atom. The van der Waals surface area contributed by atoms with Crippen LogP contribution in [-0.4, -0.2) is 31.9 Å². The van der Waals surface area contributed by atoms with Gasteiger partial charge in [-0.1, -0.05) is 18.2 Å².